The summed E-state index contributed by atoms with van der Waals surface area (Å²) in [6.45, 7) is 2.59. The normalized spacial score (nSPS) is 18.7. The minimum atomic E-state index is -3.75. The average Bonchev–Trinajstić information content (AvgIpc) is 2.78. The van der Waals surface area contributed by atoms with E-state index in [1.165, 1.54) is 31.4 Å². The van der Waals surface area contributed by atoms with Gasteiger partial charge in [-0.3, -0.25) is 4.72 Å². The first kappa shape index (κ1) is 22.7. The fourth-order valence-electron chi connectivity index (χ4n) is 3.75. The number of rotatable bonds is 5. The van der Waals surface area contributed by atoms with Gasteiger partial charge >= 0.3 is 5.97 Å². The number of hydrogen-bond donors (Lipinski definition) is 1. The number of esters is 1. The number of carbonyl (C=O) groups is 1. The summed E-state index contributed by atoms with van der Waals surface area (Å²) in [6.07, 6.45) is 0.979. The molecule has 0 bridgehead atoms. The zero-order valence-electron chi connectivity index (χ0n) is 17.5. The Bertz CT molecular complexity index is 1190. The molecule has 1 N–H and O–H groups in total. The van der Waals surface area contributed by atoms with Crippen LogP contribution in [0, 0.1) is 0 Å². The summed E-state index contributed by atoms with van der Waals surface area (Å²) in [5.41, 5.74) is 2.40. The van der Waals surface area contributed by atoms with Crippen molar-refractivity contribution in [3.8, 4) is 0 Å². The number of aliphatic imine (C=N–C) groups is 1. The minimum Gasteiger partial charge on any atom is -0.466 e. The summed E-state index contributed by atoms with van der Waals surface area (Å²) in [5, 5.41) is 1.35. The third kappa shape index (κ3) is 4.51. The number of amidine groups is 1. The summed E-state index contributed by atoms with van der Waals surface area (Å²) in [7, 11) is -2.39. The third-order valence-electron chi connectivity index (χ3n) is 5.27. The first-order chi connectivity index (χ1) is 15.3. The number of anilines is 1. The Hall–Kier alpha value is -2.49. The first-order valence-electron chi connectivity index (χ1n) is 9.96. The molecular weight excluding hydrogens is 470 g/mol. The third-order valence-corrected chi connectivity index (χ3v) is 7.99. The van der Waals surface area contributed by atoms with E-state index in [0.29, 0.717) is 22.0 Å². The second-order valence-electron chi connectivity index (χ2n) is 7.36. The predicted octanol–water partition coefficient (Wildman–Crippen LogP) is 4.44. The van der Waals surface area contributed by atoms with Gasteiger partial charge in [-0.2, -0.15) is 0 Å². The summed E-state index contributed by atoms with van der Waals surface area (Å²) in [4.78, 5) is 19.4. The predicted molar refractivity (Wildman–Crippen MR) is 127 cm³/mol. The van der Waals surface area contributed by atoms with E-state index in [1.807, 2.05) is 19.1 Å². The fourth-order valence-corrected chi connectivity index (χ4v) is 5.95. The number of methoxy groups -OCH3 is 1. The highest BCUT2D eigenvalue weighted by molar-refractivity contribution is 8.13. The number of carbonyl (C=O) groups excluding carboxylic acids is 1. The van der Waals surface area contributed by atoms with Gasteiger partial charge in [0.25, 0.3) is 10.0 Å². The molecule has 0 aliphatic carbocycles. The van der Waals surface area contributed by atoms with Gasteiger partial charge in [0.15, 0.2) is 5.17 Å². The van der Waals surface area contributed by atoms with Crippen molar-refractivity contribution >= 4 is 50.2 Å². The Balaban J connectivity index is 1.64. The Labute approximate surface area is 196 Å². The number of hydrogen-bond acceptors (Lipinski definition) is 7. The van der Waals surface area contributed by atoms with Crippen LogP contribution in [0.4, 0.5) is 5.69 Å². The quantitative estimate of drug-likeness (QED) is 0.622. The van der Waals surface area contributed by atoms with Crippen molar-refractivity contribution in [1.29, 1.82) is 0 Å². The SMILES string of the molecule is COC(=O)C1=C(C)N=C2SCCCN2C1c1ccc(NS(=O)(=O)c2ccc(Cl)cc2)cc1. The number of ether oxygens (including phenoxy) is 1. The lowest BCUT2D eigenvalue weighted by Crippen LogP contribution is -2.42. The topological polar surface area (TPSA) is 88.1 Å². The number of thioether (sulfide) groups is 1. The molecule has 2 aliphatic rings. The van der Waals surface area contributed by atoms with Crippen LogP contribution in [0.1, 0.15) is 24.9 Å². The maximum atomic E-state index is 12.7. The highest BCUT2D eigenvalue weighted by Gasteiger charge is 2.37. The lowest BCUT2D eigenvalue weighted by Gasteiger charge is -2.40. The first-order valence-corrected chi connectivity index (χ1v) is 12.8. The molecule has 4 rings (SSSR count). The maximum absolute atomic E-state index is 12.7. The number of nitrogens with one attached hydrogen (secondary N) is 1. The van der Waals surface area contributed by atoms with Gasteiger partial charge in [-0.15, -0.1) is 0 Å². The standard InChI is InChI=1S/C22H22ClN3O4S2/c1-14-19(21(27)30-2)20(26-12-3-13-31-22(26)24-14)15-4-8-17(9-5-15)25-32(28,29)18-10-6-16(23)7-11-18/h4-11,20,25H,3,12-13H2,1-2H3. The van der Waals surface area contributed by atoms with E-state index in [2.05, 4.69) is 14.6 Å². The molecule has 32 heavy (non-hydrogen) atoms. The maximum Gasteiger partial charge on any atom is 0.338 e. The van der Waals surface area contributed by atoms with Crippen LogP contribution in [0.15, 0.2) is 69.7 Å². The van der Waals surface area contributed by atoms with Gasteiger partial charge in [0.1, 0.15) is 0 Å². The number of benzene rings is 2. The van der Waals surface area contributed by atoms with Crippen molar-refractivity contribution in [2.75, 3.05) is 24.1 Å². The molecule has 1 unspecified atom stereocenters. The number of allylic oxidation sites excluding steroid dienone is 1. The second kappa shape index (κ2) is 9.17. The molecule has 0 saturated carbocycles. The Morgan fingerprint density at radius 2 is 1.88 bits per heavy atom. The smallest absolute Gasteiger partial charge is 0.338 e. The molecule has 10 heteroatoms. The Morgan fingerprint density at radius 1 is 1.19 bits per heavy atom. The number of fused-ring (bicyclic) bond motifs is 1. The van der Waals surface area contributed by atoms with Gasteiger partial charge in [0.2, 0.25) is 0 Å². The molecule has 2 heterocycles. The van der Waals surface area contributed by atoms with E-state index in [4.69, 9.17) is 16.3 Å². The van der Waals surface area contributed by atoms with Crippen molar-refractivity contribution in [1.82, 2.24) is 4.90 Å². The van der Waals surface area contributed by atoms with Gasteiger partial charge in [-0.1, -0.05) is 35.5 Å². The van der Waals surface area contributed by atoms with Gasteiger partial charge in [0.05, 0.1) is 29.3 Å². The molecule has 2 aromatic carbocycles. The molecule has 2 aromatic rings. The van der Waals surface area contributed by atoms with Gasteiger partial charge in [-0.05, 0) is 55.3 Å². The molecule has 0 spiro atoms. The molecule has 0 aromatic heterocycles. The number of sulfonamides is 1. The largest absolute Gasteiger partial charge is 0.466 e. The lowest BCUT2D eigenvalue weighted by atomic mass is 9.94. The molecule has 1 fully saturated rings. The molecule has 0 radical (unpaired) electrons. The average molecular weight is 492 g/mol. The van der Waals surface area contributed by atoms with Crippen molar-refractivity contribution < 1.29 is 17.9 Å². The van der Waals surface area contributed by atoms with E-state index < -0.39 is 16.0 Å². The zero-order chi connectivity index (χ0) is 22.9. The van der Waals surface area contributed by atoms with Crippen LogP contribution < -0.4 is 4.72 Å². The molecule has 1 atom stereocenters. The monoisotopic (exact) mass is 491 g/mol. The van der Waals surface area contributed by atoms with Crippen LogP contribution in [-0.4, -0.2) is 43.9 Å². The van der Waals surface area contributed by atoms with Crippen LogP contribution >= 0.6 is 23.4 Å². The summed E-state index contributed by atoms with van der Waals surface area (Å²) in [6, 6.07) is 12.6. The van der Waals surface area contributed by atoms with Crippen LogP contribution in [0.3, 0.4) is 0 Å². The van der Waals surface area contributed by atoms with Crippen molar-refractivity contribution in [3.63, 3.8) is 0 Å². The van der Waals surface area contributed by atoms with E-state index >= 15 is 0 Å². The van der Waals surface area contributed by atoms with Gasteiger partial charge in [0, 0.05) is 23.0 Å². The van der Waals surface area contributed by atoms with Crippen molar-refractivity contribution in [2.45, 2.75) is 24.3 Å². The number of nitrogens with zero attached hydrogens (tertiary/aromatic N) is 2. The summed E-state index contributed by atoms with van der Waals surface area (Å²) < 4.78 is 32.9. The van der Waals surface area contributed by atoms with Crippen LogP contribution in [0.2, 0.25) is 5.02 Å². The van der Waals surface area contributed by atoms with Crippen molar-refractivity contribution in [3.05, 3.63) is 70.4 Å². The van der Waals surface area contributed by atoms with Crippen LogP contribution in [-0.2, 0) is 19.6 Å². The van der Waals surface area contributed by atoms with Crippen molar-refractivity contribution in [2.24, 2.45) is 4.99 Å². The highest BCUT2D eigenvalue weighted by Crippen LogP contribution is 2.40. The molecule has 7 nitrogen and oxygen atoms in total. The summed E-state index contributed by atoms with van der Waals surface area (Å²) in [5.74, 6) is 0.562. The van der Waals surface area contributed by atoms with Gasteiger partial charge in [-0.25, -0.2) is 18.2 Å². The summed E-state index contributed by atoms with van der Waals surface area (Å²) >= 11 is 7.52. The second-order valence-corrected chi connectivity index (χ2v) is 10.5. The van der Waals surface area contributed by atoms with Gasteiger partial charge < -0.3 is 9.64 Å². The zero-order valence-corrected chi connectivity index (χ0v) is 19.9. The highest BCUT2D eigenvalue weighted by atomic mass is 35.5. The molecule has 1 saturated heterocycles. The molecule has 168 valence electrons. The molecule has 2 aliphatic heterocycles. The minimum absolute atomic E-state index is 0.121. The molecular formula is C22H22ClN3O4S2. The van der Waals surface area contributed by atoms with E-state index in [-0.39, 0.29) is 10.9 Å². The van der Waals surface area contributed by atoms with Crippen LogP contribution in [0.25, 0.3) is 0 Å². The number of halogens is 1. The molecule has 0 amide bonds. The van der Waals surface area contributed by atoms with E-state index in [0.717, 1.165) is 29.4 Å². The van der Waals surface area contributed by atoms with Crippen LogP contribution in [0.5, 0.6) is 0 Å². The fraction of sp³-hybridized carbons (Fsp3) is 0.273. The lowest BCUT2D eigenvalue weighted by molar-refractivity contribution is -0.136. The Kier molecular flexibility index (Phi) is 6.50. The Morgan fingerprint density at radius 3 is 2.53 bits per heavy atom. The van der Waals surface area contributed by atoms with E-state index in [9.17, 15) is 13.2 Å². The van der Waals surface area contributed by atoms with E-state index in [1.54, 1.807) is 23.9 Å².